The fourth-order valence-electron chi connectivity index (χ4n) is 4.49. The molecule has 0 spiro atoms. The number of aliphatic hydroxyl groups excluding tert-OH is 2. The van der Waals surface area contributed by atoms with Crippen LogP contribution in [0.2, 0.25) is 10.0 Å². The number of amides is 2. The standard InChI is InChI=1S/C27H32Cl2N2O7/c1-3-27(4-2,26(37)31-13-22(32)23(33)14-31)25(36)30-21(24(34)35)12-16-8-10-17(11-9-16)38-15-18-19(28)6-5-7-20(18)29/h5-11,21-23,32-33H,3-4,12-15H2,1-2H3,(H,30,36)(H,34,35)/t21-,22-,23+/m0/s1. The van der Waals surface area contributed by atoms with Gasteiger partial charge in [0.15, 0.2) is 0 Å². The summed E-state index contributed by atoms with van der Waals surface area (Å²) in [4.78, 5) is 39.9. The Morgan fingerprint density at radius 2 is 1.58 bits per heavy atom. The maximum absolute atomic E-state index is 13.3. The number of carbonyl (C=O) groups is 3. The second-order valence-corrected chi connectivity index (χ2v) is 10.1. The lowest BCUT2D eigenvalue weighted by atomic mass is 9.79. The first-order valence-corrected chi connectivity index (χ1v) is 13.1. The number of nitrogens with zero attached hydrogens (tertiary/aromatic N) is 1. The molecule has 2 aromatic rings. The summed E-state index contributed by atoms with van der Waals surface area (Å²) in [5, 5.41) is 33.0. The minimum absolute atomic E-state index is 0.0173. The van der Waals surface area contributed by atoms with Gasteiger partial charge in [0.1, 0.15) is 23.8 Å². The molecule has 206 valence electrons. The highest BCUT2D eigenvalue weighted by molar-refractivity contribution is 6.35. The number of rotatable bonds is 11. The fourth-order valence-corrected chi connectivity index (χ4v) is 4.99. The largest absolute Gasteiger partial charge is 0.489 e. The Kier molecular flexibility index (Phi) is 10.0. The molecule has 0 unspecified atom stereocenters. The molecule has 0 aromatic heterocycles. The van der Waals surface area contributed by atoms with Gasteiger partial charge in [-0.3, -0.25) is 9.59 Å². The molecule has 4 N–H and O–H groups in total. The van der Waals surface area contributed by atoms with Crippen molar-refractivity contribution in [3.05, 3.63) is 63.6 Å². The van der Waals surface area contributed by atoms with Crippen molar-refractivity contribution in [3.8, 4) is 5.75 Å². The lowest BCUT2D eigenvalue weighted by Crippen LogP contribution is -2.55. The number of carbonyl (C=O) groups excluding carboxylic acids is 2. The molecule has 1 saturated heterocycles. The van der Waals surface area contributed by atoms with Gasteiger partial charge in [0, 0.05) is 35.1 Å². The average Bonchev–Trinajstić information content (AvgIpc) is 3.23. The number of likely N-dealkylation sites (tertiary alicyclic amines) is 1. The molecule has 1 heterocycles. The van der Waals surface area contributed by atoms with E-state index >= 15 is 0 Å². The van der Waals surface area contributed by atoms with Crippen LogP contribution in [0, 0.1) is 5.41 Å². The van der Waals surface area contributed by atoms with Gasteiger partial charge in [-0.05, 0) is 42.7 Å². The van der Waals surface area contributed by atoms with Crippen molar-refractivity contribution in [3.63, 3.8) is 0 Å². The molecule has 3 rings (SSSR count). The van der Waals surface area contributed by atoms with Crippen LogP contribution in [0.15, 0.2) is 42.5 Å². The molecule has 11 heteroatoms. The van der Waals surface area contributed by atoms with E-state index in [0.717, 1.165) is 0 Å². The second kappa shape index (κ2) is 12.8. The third-order valence-electron chi connectivity index (χ3n) is 7.01. The monoisotopic (exact) mass is 566 g/mol. The van der Waals surface area contributed by atoms with E-state index in [-0.39, 0.29) is 39.0 Å². The van der Waals surface area contributed by atoms with E-state index < -0.39 is 41.4 Å². The second-order valence-electron chi connectivity index (χ2n) is 9.34. The van der Waals surface area contributed by atoms with Gasteiger partial charge in [0.05, 0.1) is 12.2 Å². The lowest BCUT2D eigenvalue weighted by molar-refractivity contribution is -0.154. The zero-order valence-electron chi connectivity index (χ0n) is 21.2. The number of benzene rings is 2. The quantitative estimate of drug-likeness (QED) is 0.307. The summed E-state index contributed by atoms with van der Waals surface area (Å²) < 4.78 is 5.76. The lowest BCUT2D eigenvalue weighted by Gasteiger charge is -2.34. The van der Waals surface area contributed by atoms with E-state index in [4.69, 9.17) is 27.9 Å². The number of carboxylic acid groups (broad SMARTS) is 1. The molecule has 2 amide bonds. The van der Waals surface area contributed by atoms with Gasteiger partial charge in [0.25, 0.3) is 0 Å². The molecule has 0 bridgehead atoms. The zero-order chi connectivity index (χ0) is 28.0. The Hall–Kier alpha value is -2.85. The molecule has 1 aliphatic heterocycles. The van der Waals surface area contributed by atoms with Crippen LogP contribution in [0.1, 0.15) is 37.8 Å². The van der Waals surface area contributed by atoms with Crippen LogP contribution >= 0.6 is 23.2 Å². The van der Waals surface area contributed by atoms with Crippen molar-refractivity contribution >= 4 is 41.0 Å². The molecule has 0 radical (unpaired) electrons. The molecule has 3 atom stereocenters. The number of halogens is 2. The summed E-state index contributed by atoms with van der Waals surface area (Å²) >= 11 is 12.3. The molecular weight excluding hydrogens is 535 g/mol. The number of aliphatic hydroxyl groups is 2. The maximum atomic E-state index is 13.3. The first kappa shape index (κ1) is 29.7. The molecule has 38 heavy (non-hydrogen) atoms. The van der Waals surface area contributed by atoms with Gasteiger partial charge >= 0.3 is 5.97 Å². The van der Waals surface area contributed by atoms with Crippen molar-refractivity contribution in [2.45, 2.75) is 58.0 Å². The summed E-state index contributed by atoms with van der Waals surface area (Å²) in [6, 6.07) is 10.6. The van der Waals surface area contributed by atoms with E-state index in [1.165, 1.54) is 4.90 Å². The summed E-state index contributed by atoms with van der Waals surface area (Å²) in [5.41, 5.74) is -0.234. The highest BCUT2D eigenvalue weighted by Gasteiger charge is 2.48. The normalized spacial score (nSPS) is 18.2. The first-order chi connectivity index (χ1) is 18.0. The van der Waals surface area contributed by atoms with Gasteiger partial charge in [0.2, 0.25) is 11.8 Å². The molecule has 9 nitrogen and oxygen atoms in total. The van der Waals surface area contributed by atoms with Gasteiger partial charge in [-0.15, -0.1) is 0 Å². The SMILES string of the molecule is CCC(CC)(C(=O)N[C@@H](Cc1ccc(OCc2c(Cl)cccc2Cl)cc1)C(=O)O)C(=O)N1C[C@@H](O)[C@@H](O)C1. The highest BCUT2D eigenvalue weighted by Crippen LogP contribution is 2.32. The number of hydrogen-bond acceptors (Lipinski definition) is 6. The third-order valence-corrected chi connectivity index (χ3v) is 7.72. The number of aliphatic carboxylic acids is 1. The number of ether oxygens (including phenoxy) is 1. The van der Waals surface area contributed by atoms with E-state index in [0.29, 0.717) is 26.9 Å². The van der Waals surface area contributed by atoms with Crippen molar-refractivity contribution in [2.24, 2.45) is 5.41 Å². The smallest absolute Gasteiger partial charge is 0.326 e. The number of hydrogen-bond donors (Lipinski definition) is 4. The van der Waals surface area contributed by atoms with Gasteiger partial charge in [-0.25, -0.2) is 4.79 Å². The highest BCUT2D eigenvalue weighted by atomic mass is 35.5. The summed E-state index contributed by atoms with van der Waals surface area (Å²) in [7, 11) is 0. The average molecular weight is 567 g/mol. The molecule has 1 aliphatic rings. The Morgan fingerprint density at radius 1 is 1.03 bits per heavy atom. The predicted molar refractivity (Wildman–Crippen MR) is 142 cm³/mol. The number of β-amino-alcohol motifs (C(OH)–C–C–N with tert-alkyl or cyclic N) is 2. The number of carboxylic acids is 1. The minimum Gasteiger partial charge on any atom is -0.489 e. The van der Waals surface area contributed by atoms with Crippen LogP contribution in [0.5, 0.6) is 5.75 Å². The minimum atomic E-state index is -1.52. The number of nitrogens with one attached hydrogen (secondary N) is 1. The van der Waals surface area contributed by atoms with Crippen LogP contribution in [0.25, 0.3) is 0 Å². The summed E-state index contributed by atoms with van der Waals surface area (Å²) in [6.45, 7) is 3.33. The van der Waals surface area contributed by atoms with Crippen molar-refractivity contribution in [1.29, 1.82) is 0 Å². The Balaban J connectivity index is 1.68. The fraction of sp³-hybridized carbons (Fsp3) is 0.444. The molecule has 1 fully saturated rings. The Labute approximate surface area is 231 Å². The zero-order valence-corrected chi connectivity index (χ0v) is 22.7. The Morgan fingerprint density at radius 3 is 2.08 bits per heavy atom. The van der Waals surface area contributed by atoms with Crippen molar-refractivity contribution in [2.75, 3.05) is 13.1 Å². The van der Waals surface area contributed by atoms with E-state index in [9.17, 15) is 29.7 Å². The van der Waals surface area contributed by atoms with Gasteiger partial charge < -0.3 is 30.3 Å². The molecule has 2 aromatic carbocycles. The first-order valence-electron chi connectivity index (χ1n) is 12.4. The molecule has 0 saturated carbocycles. The Bertz CT molecular complexity index is 1120. The van der Waals surface area contributed by atoms with Crippen LogP contribution < -0.4 is 10.1 Å². The predicted octanol–water partition coefficient (Wildman–Crippen LogP) is 3.05. The van der Waals surface area contributed by atoms with Gasteiger partial charge in [-0.2, -0.15) is 0 Å². The van der Waals surface area contributed by atoms with Crippen LogP contribution in [-0.2, 0) is 27.4 Å². The van der Waals surface area contributed by atoms with Crippen LogP contribution in [0.3, 0.4) is 0 Å². The summed E-state index contributed by atoms with van der Waals surface area (Å²) in [5.74, 6) is -1.96. The van der Waals surface area contributed by atoms with Crippen molar-refractivity contribution in [1.82, 2.24) is 10.2 Å². The molecular formula is C27H32Cl2N2O7. The van der Waals surface area contributed by atoms with E-state index in [1.807, 2.05) is 0 Å². The third kappa shape index (κ3) is 6.58. The topological polar surface area (TPSA) is 136 Å². The van der Waals surface area contributed by atoms with Crippen LogP contribution in [-0.4, -0.2) is 69.3 Å². The summed E-state index contributed by atoms with van der Waals surface area (Å²) in [6.07, 6.45) is -1.94. The van der Waals surface area contributed by atoms with E-state index in [2.05, 4.69) is 5.32 Å². The van der Waals surface area contributed by atoms with Crippen molar-refractivity contribution < 1.29 is 34.4 Å². The maximum Gasteiger partial charge on any atom is 0.326 e. The van der Waals surface area contributed by atoms with Gasteiger partial charge in [-0.1, -0.05) is 55.2 Å². The van der Waals surface area contributed by atoms with Crippen LogP contribution in [0.4, 0.5) is 0 Å². The molecule has 0 aliphatic carbocycles. The van der Waals surface area contributed by atoms with E-state index in [1.54, 1.807) is 56.3 Å².